The molecule has 1 saturated heterocycles. The third-order valence-corrected chi connectivity index (χ3v) is 5.43. The zero-order chi connectivity index (χ0) is 22.9. The van der Waals surface area contributed by atoms with Gasteiger partial charge in [0, 0.05) is 29.8 Å². The molecule has 0 amide bonds. The highest BCUT2D eigenvalue weighted by atomic mass is 19.1. The molecule has 0 spiro atoms. The first kappa shape index (κ1) is 23.4. The van der Waals surface area contributed by atoms with Crippen LogP contribution in [0.1, 0.15) is 36.7 Å². The van der Waals surface area contributed by atoms with Gasteiger partial charge in [-0.05, 0) is 32.4 Å². The second-order valence-corrected chi connectivity index (χ2v) is 7.86. The standard InChI is InChI=1S/C21H29FN2O7/c1-10(2)24-11(3)14(7-12-5-6-13(29-4)8-15(12)22)20(23-24)31-21-19(28)18(27)17(26)16(9-25)30-21/h5-6,8,10,16-19,21,25-28H,7,9H2,1-4H3/t16?,17-,18+,19-,21+/m1/s1. The van der Waals surface area contributed by atoms with Crippen LogP contribution >= 0.6 is 0 Å². The van der Waals surface area contributed by atoms with Crippen LogP contribution in [0.3, 0.4) is 0 Å². The average Bonchev–Trinajstić information content (AvgIpc) is 3.05. The molecule has 4 N–H and O–H groups in total. The van der Waals surface area contributed by atoms with Crippen molar-refractivity contribution in [1.29, 1.82) is 0 Å². The third-order valence-electron chi connectivity index (χ3n) is 5.43. The van der Waals surface area contributed by atoms with Gasteiger partial charge in [-0.15, -0.1) is 5.10 Å². The number of aliphatic hydroxyl groups excluding tert-OH is 4. The van der Waals surface area contributed by atoms with Crippen LogP contribution in [0.5, 0.6) is 11.6 Å². The molecule has 0 saturated carbocycles. The van der Waals surface area contributed by atoms with E-state index in [1.54, 1.807) is 16.8 Å². The molecule has 5 atom stereocenters. The number of nitrogens with zero attached hydrogens (tertiary/aromatic N) is 2. The molecule has 9 nitrogen and oxygen atoms in total. The minimum atomic E-state index is -1.58. The highest BCUT2D eigenvalue weighted by molar-refractivity contribution is 5.39. The molecule has 0 radical (unpaired) electrons. The molecule has 1 aliphatic rings. The maximum absolute atomic E-state index is 14.6. The van der Waals surface area contributed by atoms with Crippen molar-refractivity contribution in [3.05, 3.63) is 40.8 Å². The molecule has 2 aromatic rings. The van der Waals surface area contributed by atoms with Gasteiger partial charge in [-0.2, -0.15) is 0 Å². The van der Waals surface area contributed by atoms with E-state index in [4.69, 9.17) is 14.2 Å². The van der Waals surface area contributed by atoms with Crippen LogP contribution < -0.4 is 9.47 Å². The molecular weight excluding hydrogens is 411 g/mol. The SMILES string of the molecule is COc1ccc(Cc2c(O[C@@H]3OC(CO)[C@@H](O)[C@H](O)[C@H]3O)nn(C(C)C)c2C)c(F)c1. The quantitative estimate of drug-likeness (QED) is 0.496. The summed E-state index contributed by atoms with van der Waals surface area (Å²) in [4.78, 5) is 0. The number of halogens is 1. The van der Waals surface area contributed by atoms with Crippen LogP contribution in [0.4, 0.5) is 4.39 Å². The number of aromatic nitrogens is 2. The normalized spacial score (nSPS) is 26.3. The van der Waals surface area contributed by atoms with Crippen molar-refractivity contribution in [1.82, 2.24) is 9.78 Å². The molecule has 0 bridgehead atoms. The van der Waals surface area contributed by atoms with Crippen molar-refractivity contribution in [3.63, 3.8) is 0 Å². The first-order chi connectivity index (χ1) is 14.7. The van der Waals surface area contributed by atoms with Crippen LogP contribution in [-0.2, 0) is 11.2 Å². The number of hydrogen-bond acceptors (Lipinski definition) is 8. The molecule has 0 aliphatic carbocycles. The molecule has 172 valence electrons. The molecular formula is C21H29FN2O7. The number of hydrogen-bond donors (Lipinski definition) is 4. The van der Waals surface area contributed by atoms with Crippen LogP contribution in [0.15, 0.2) is 18.2 Å². The molecule has 31 heavy (non-hydrogen) atoms. The lowest BCUT2D eigenvalue weighted by Gasteiger charge is -2.39. The monoisotopic (exact) mass is 440 g/mol. The Labute approximate surface area is 179 Å². The lowest BCUT2D eigenvalue weighted by atomic mass is 9.99. The van der Waals surface area contributed by atoms with Gasteiger partial charge in [-0.3, -0.25) is 4.68 Å². The summed E-state index contributed by atoms with van der Waals surface area (Å²) < 4.78 is 32.5. The molecule has 2 heterocycles. The minimum absolute atomic E-state index is 0.0217. The van der Waals surface area contributed by atoms with E-state index in [9.17, 15) is 24.8 Å². The van der Waals surface area contributed by atoms with E-state index in [1.807, 2.05) is 20.8 Å². The lowest BCUT2D eigenvalue weighted by Crippen LogP contribution is -2.60. The third kappa shape index (κ3) is 4.68. The van der Waals surface area contributed by atoms with E-state index in [2.05, 4.69) is 5.10 Å². The first-order valence-electron chi connectivity index (χ1n) is 10.1. The van der Waals surface area contributed by atoms with Crippen LogP contribution in [-0.4, -0.2) is 74.6 Å². The van der Waals surface area contributed by atoms with Gasteiger partial charge in [0.15, 0.2) is 0 Å². The zero-order valence-corrected chi connectivity index (χ0v) is 17.9. The molecule has 10 heteroatoms. The van der Waals surface area contributed by atoms with Crippen LogP contribution in [0.25, 0.3) is 0 Å². The van der Waals surface area contributed by atoms with Crippen molar-refractivity contribution < 1.29 is 39.0 Å². The van der Waals surface area contributed by atoms with Crippen molar-refractivity contribution in [3.8, 4) is 11.6 Å². The van der Waals surface area contributed by atoms with Gasteiger partial charge in [0.05, 0.1) is 13.7 Å². The summed E-state index contributed by atoms with van der Waals surface area (Å²) >= 11 is 0. The van der Waals surface area contributed by atoms with Gasteiger partial charge < -0.3 is 34.6 Å². The Morgan fingerprint density at radius 2 is 1.90 bits per heavy atom. The van der Waals surface area contributed by atoms with Gasteiger partial charge in [0.25, 0.3) is 0 Å². The Kier molecular flexibility index (Phi) is 7.17. The smallest absolute Gasteiger partial charge is 0.239 e. The van der Waals surface area contributed by atoms with E-state index in [1.165, 1.54) is 13.2 Å². The lowest BCUT2D eigenvalue weighted by molar-refractivity contribution is -0.278. The van der Waals surface area contributed by atoms with E-state index in [0.717, 1.165) is 5.69 Å². The number of rotatable bonds is 7. The molecule has 1 unspecified atom stereocenters. The second kappa shape index (κ2) is 9.49. The summed E-state index contributed by atoms with van der Waals surface area (Å²) in [5, 5.41) is 44.1. The van der Waals surface area contributed by atoms with Gasteiger partial charge in [0.2, 0.25) is 12.2 Å². The summed E-state index contributed by atoms with van der Waals surface area (Å²) in [7, 11) is 1.46. The largest absolute Gasteiger partial charge is 0.497 e. The van der Waals surface area contributed by atoms with E-state index in [-0.39, 0.29) is 18.3 Å². The molecule has 1 aromatic carbocycles. The summed E-state index contributed by atoms with van der Waals surface area (Å²) in [5.41, 5.74) is 1.71. The molecule has 1 fully saturated rings. The first-order valence-corrected chi connectivity index (χ1v) is 10.1. The Bertz CT molecular complexity index is 902. The molecule has 1 aromatic heterocycles. The highest BCUT2D eigenvalue weighted by Crippen LogP contribution is 2.31. The number of methoxy groups -OCH3 is 1. The fourth-order valence-electron chi connectivity index (χ4n) is 3.59. The summed E-state index contributed by atoms with van der Waals surface area (Å²) in [6.45, 7) is 5.10. The second-order valence-electron chi connectivity index (χ2n) is 7.86. The van der Waals surface area contributed by atoms with E-state index in [0.29, 0.717) is 16.9 Å². The number of benzene rings is 1. The minimum Gasteiger partial charge on any atom is -0.497 e. The van der Waals surface area contributed by atoms with Crippen molar-refractivity contribution >= 4 is 0 Å². The van der Waals surface area contributed by atoms with Crippen LogP contribution in [0, 0.1) is 12.7 Å². The molecule has 3 rings (SSSR count). The topological polar surface area (TPSA) is 126 Å². The highest BCUT2D eigenvalue weighted by Gasteiger charge is 2.45. The summed E-state index contributed by atoms with van der Waals surface area (Å²) in [6, 6.07) is 4.53. The fraction of sp³-hybridized carbons (Fsp3) is 0.571. The van der Waals surface area contributed by atoms with Crippen LogP contribution in [0.2, 0.25) is 0 Å². The van der Waals surface area contributed by atoms with E-state index < -0.39 is 43.1 Å². The van der Waals surface area contributed by atoms with Gasteiger partial charge in [-0.1, -0.05) is 6.07 Å². The van der Waals surface area contributed by atoms with Crippen molar-refractivity contribution in [2.75, 3.05) is 13.7 Å². The van der Waals surface area contributed by atoms with Crippen molar-refractivity contribution in [2.45, 2.75) is 63.9 Å². The van der Waals surface area contributed by atoms with Gasteiger partial charge in [0.1, 0.15) is 36.0 Å². The fourth-order valence-corrected chi connectivity index (χ4v) is 3.59. The Hall–Kier alpha value is -2.24. The van der Waals surface area contributed by atoms with Gasteiger partial charge >= 0.3 is 0 Å². The Morgan fingerprint density at radius 3 is 2.48 bits per heavy atom. The summed E-state index contributed by atoms with van der Waals surface area (Å²) in [6.07, 6.45) is -6.99. The number of aliphatic hydroxyl groups is 4. The van der Waals surface area contributed by atoms with Crippen molar-refractivity contribution in [2.24, 2.45) is 0 Å². The van der Waals surface area contributed by atoms with Gasteiger partial charge in [-0.25, -0.2) is 4.39 Å². The predicted octanol–water partition coefficient (Wildman–Crippen LogP) is 0.690. The number of ether oxygens (including phenoxy) is 3. The average molecular weight is 440 g/mol. The molecule has 1 aliphatic heterocycles. The Balaban J connectivity index is 1.94. The predicted molar refractivity (Wildman–Crippen MR) is 108 cm³/mol. The Morgan fingerprint density at radius 1 is 1.19 bits per heavy atom. The maximum atomic E-state index is 14.6. The summed E-state index contributed by atoms with van der Waals surface area (Å²) in [5.74, 6) is 0.0502. The van der Waals surface area contributed by atoms with E-state index >= 15 is 0 Å². The zero-order valence-electron chi connectivity index (χ0n) is 17.9. The maximum Gasteiger partial charge on any atom is 0.239 e.